The monoisotopic (exact) mass is 276 g/mol. The second-order valence-electron chi connectivity index (χ2n) is 5.86. The second-order valence-corrected chi connectivity index (χ2v) is 5.86. The topological polar surface area (TPSA) is 82.2 Å². The van der Waals surface area contributed by atoms with Crippen LogP contribution in [0.5, 0.6) is 0 Å². The number of benzene rings is 1. The van der Waals surface area contributed by atoms with Crippen molar-refractivity contribution in [3.8, 4) is 6.07 Å². The van der Waals surface area contributed by atoms with E-state index < -0.39 is 4.92 Å². The quantitative estimate of drug-likeness (QED) is 0.637. The highest BCUT2D eigenvalue weighted by Crippen LogP contribution is 2.24. The third kappa shape index (κ3) is 4.52. The van der Waals surface area contributed by atoms with Crippen LogP contribution in [0.2, 0.25) is 0 Å². The molecule has 0 radical (unpaired) electrons. The van der Waals surface area contributed by atoms with Gasteiger partial charge in [0.15, 0.2) is 0 Å². The lowest BCUT2D eigenvalue weighted by Crippen LogP contribution is -2.34. The first-order valence-corrected chi connectivity index (χ1v) is 6.32. The van der Waals surface area contributed by atoms with Crippen molar-refractivity contribution in [1.82, 2.24) is 4.90 Å². The molecular formula is C14H20N4O2. The smallest absolute Gasteiger partial charge is 0.289 e. The van der Waals surface area contributed by atoms with Crippen LogP contribution in [0, 0.1) is 26.9 Å². The molecule has 0 aliphatic carbocycles. The summed E-state index contributed by atoms with van der Waals surface area (Å²) in [5.41, 5.74) is 0.602. The van der Waals surface area contributed by atoms with Crippen LogP contribution in [0.15, 0.2) is 18.2 Å². The van der Waals surface area contributed by atoms with Gasteiger partial charge in [0.05, 0.1) is 4.92 Å². The minimum atomic E-state index is -0.533. The van der Waals surface area contributed by atoms with Crippen molar-refractivity contribution in [2.75, 3.05) is 32.5 Å². The van der Waals surface area contributed by atoms with E-state index in [9.17, 15) is 10.1 Å². The molecular weight excluding hydrogens is 256 g/mol. The first-order chi connectivity index (χ1) is 9.25. The Labute approximate surface area is 119 Å². The largest absolute Gasteiger partial charge is 0.384 e. The molecule has 6 nitrogen and oxygen atoms in total. The predicted molar refractivity (Wildman–Crippen MR) is 78.6 cm³/mol. The minimum absolute atomic E-state index is 0.0339. The zero-order valence-electron chi connectivity index (χ0n) is 12.3. The Kier molecular flexibility index (Phi) is 5.06. The average molecular weight is 276 g/mol. The summed E-state index contributed by atoms with van der Waals surface area (Å²) >= 11 is 0. The molecule has 1 aromatic rings. The third-order valence-electron chi connectivity index (χ3n) is 2.83. The van der Waals surface area contributed by atoms with Crippen LogP contribution in [0.3, 0.4) is 0 Å². The molecule has 0 aliphatic rings. The van der Waals surface area contributed by atoms with Crippen LogP contribution in [0.1, 0.15) is 19.4 Å². The highest BCUT2D eigenvalue weighted by molar-refractivity contribution is 5.59. The van der Waals surface area contributed by atoms with Gasteiger partial charge in [0, 0.05) is 24.8 Å². The van der Waals surface area contributed by atoms with Gasteiger partial charge in [0.1, 0.15) is 11.6 Å². The van der Waals surface area contributed by atoms with Crippen molar-refractivity contribution < 1.29 is 4.92 Å². The molecule has 0 heterocycles. The van der Waals surface area contributed by atoms with Gasteiger partial charge in [-0.05, 0) is 31.6 Å². The van der Waals surface area contributed by atoms with Crippen LogP contribution in [-0.2, 0) is 0 Å². The number of nitriles is 1. The highest BCUT2D eigenvalue weighted by Gasteiger charge is 2.20. The van der Waals surface area contributed by atoms with Crippen LogP contribution in [0.4, 0.5) is 11.4 Å². The molecule has 20 heavy (non-hydrogen) atoms. The standard InChI is InChI=1S/C14H20N4O2/c1-14(2,10-17(3)4)9-16-12-6-5-11(8-15)13(7-12)18(19)20/h5-7,16H,9-10H2,1-4H3. The molecule has 1 N–H and O–H groups in total. The molecule has 6 heteroatoms. The molecule has 0 atom stereocenters. The fourth-order valence-electron chi connectivity index (χ4n) is 2.14. The summed E-state index contributed by atoms with van der Waals surface area (Å²) in [5, 5.41) is 22.9. The molecule has 0 amide bonds. The molecule has 0 spiro atoms. The van der Waals surface area contributed by atoms with Gasteiger partial charge in [-0.3, -0.25) is 10.1 Å². The van der Waals surface area contributed by atoms with Crippen molar-refractivity contribution in [1.29, 1.82) is 5.26 Å². The maximum Gasteiger partial charge on any atom is 0.289 e. The zero-order chi connectivity index (χ0) is 15.3. The lowest BCUT2D eigenvalue weighted by molar-refractivity contribution is -0.385. The number of nitrogens with one attached hydrogen (secondary N) is 1. The van der Waals surface area contributed by atoms with Gasteiger partial charge in [-0.25, -0.2) is 0 Å². The summed E-state index contributed by atoms with van der Waals surface area (Å²) in [5.74, 6) is 0. The Morgan fingerprint density at radius 2 is 2.10 bits per heavy atom. The van der Waals surface area contributed by atoms with E-state index in [0.29, 0.717) is 12.2 Å². The summed E-state index contributed by atoms with van der Waals surface area (Å²) < 4.78 is 0. The van der Waals surface area contributed by atoms with E-state index in [1.807, 2.05) is 20.2 Å². The molecule has 0 saturated heterocycles. The molecule has 0 bridgehead atoms. The van der Waals surface area contributed by atoms with Gasteiger partial charge in [-0.15, -0.1) is 0 Å². The summed E-state index contributed by atoms with van der Waals surface area (Å²) in [4.78, 5) is 12.5. The van der Waals surface area contributed by atoms with Gasteiger partial charge in [0.2, 0.25) is 0 Å². The normalized spacial score (nSPS) is 11.2. The summed E-state index contributed by atoms with van der Waals surface area (Å²) in [6.07, 6.45) is 0. The van der Waals surface area contributed by atoms with Crippen molar-refractivity contribution >= 4 is 11.4 Å². The number of nitrogens with zero attached hydrogens (tertiary/aromatic N) is 3. The average Bonchev–Trinajstić information content (AvgIpc) is 2.34. The summed E-state index contributed by atoms with van der Waals surface area (Å²) in [6, 6.07) is 6.40. The Hall–Kier alpha value is -2.13. The van der Waals surface area contributed by atoms with Crippen LogP contribution in [-0.4, -0.2) is 37.0 Å². The SMILES string of the molecule is CN(C)CC(C)(C)CNc1ccc(C#N)c([N+](=O)[O-])c1. The fraction of sp³-hybridized carbons (Fsp3) is 0.500. The predicted octanol–water partition coefficient (Wildman–Crippen LogP) is 2.47. The maximum atomic E-state index is 10.9. The Balaban J connectivity index is 2.82. The van der Waals surface area contributed by atoms with E-state index in [0.717, 1.165) is 6.54 Å². The van der Waals surface area contributed by atoms with E-state index in [1.165, 1.54) is 12.1 Å². The lowest BCUT2D eigenvalue weighted by atomic mass is 9.93. The first kappa shape index (κ1) is 15.9. The van der Waals surface area contributed by atoms with E-state index in [2.05, 4.69) is 24.1 Å². The van der Waals surface area contributed by atoms with E-state index in [4.69, 9.17) is 5.26 Å². The number of nitro benzene ring substituents is 1. The summed E-state index contributed by atoms with van der Waals surface area (Å²) in [6.45, 7) is 5.84. The van der Waals surface area contributed by atoms with E-state index in [-0.39, 0.29) is 16.7 Å². The lowest BCUT2D eigenvalue weighted by Gasteiger charge is -2.28. The van der Waals surface area contributed by atoms with Gasteiger partial charge >= 0.3 is 0 Å². The first-order valence-electron chi connectivity index (χ1n) is 6.32. The van der Waals surface area contributed by atoms with Crippen molar-refractivity contribution in [3.63, 3.8) is 0 Å². The molecule has 0 unspecified atom stereocenters. The van der Waals surface area contributed by atoms with E-state index in [1.54, 1.807) is 6.07 Å². The van der Waals surface area contributed by atoms with Gasteiger partial charge < -0.3 is 10.2 Å². The van der Waals surface area contributed by atoms with Crippen LogP contribution >= 0.6 is 0 Å². The number of nitro groups is 1. The third-order valence-corrected chi connectivity index (χ3v) is 2.83. The molecule has 0 aliphatic heterocycles. The highest BCUT2D eigenvalue weighted by atomic mass is 16.6. The van der Waals surface area contributed by atoms with Crippen molar-refractivity contribution in [3.05, 3.63) is 33.9 Å². The Morgan fingerprint density at radius 1 is 1.45 bits per heavy atom. The van der Waals surface area contributed by atoms with Crippen molar-refractivity contribution in [2.24, 2.45) is 5.41 Å². The second kappa shape index (κ2) is 6.35. The van der Waals surface area contributed by atoms with Gasteiger partial charge in [0.25, 0.3) is 5.69 Å². The maximum absolute atomic E-state index is 10.9. The minimum Gasteiger partial charge on any atom is -0.384 e. The molecule has 0 saturated carbocycles. The molecule has 0 aromatic heterocycles. The van der Waals surface area contributed by atoms with Crippen LogP contribution in [0.25, 0.3) is 0 Å². The fourth-order valence-corrected chi connectivity index (χ4v) is 2.14. The number of hydrogen-bond donors (Lipinski definition) is 1. The van der Waals surface area contributed by atoms with Crippen molar-refractivity contribution in [2.45, 2.75) is 13.8 Å². The van der Waals surface area contributed by atoms with Crippen LogP contribution < -0.4 is 5.32 Å². The Bertz CT molecular complexity index is 532. The van der Waals surface area contributed by atoms with Gasteiger partial charge in [-0.2, -0.15) is 5.26 Å². The number of anilines is 1. The molecule has 1 rings (SSSR count). The molecule has 1 aromatic carbocycles. The number of hydrogen-bond acceptors (Lipinski definition) is 5. The van der Waals surface area contributed by atoms with E-state index >= 15 is 0 Å². The molecule has 108 valence electrons. The Morgan fingerprint density at radius 3 is 2.60 bits per heavy atom. The zero-order valence-corrected chi connectivity index (χ0v) is 12.3. The van der Waals surface area contributed by atoms with Gasteiger partial charge in [-0.1, -0.05) is 13.8 Å². The summed E-state index contributed by atoms with van der Waals surface area (Å²) in [7, 11) is 4.02. The molecule has 0 fully saturated rings. The number of rotatable bonds is 6.